The molecule has 6 heteroatoms. The van der Waals surface area contributed by atoms with Crippen LogP contribution in [-0.4, -0.2) is 34.4 Å². The van der Waals surface area contributed by atoms with Crippen LogP contribution in [0.5, 0.6) is 5.88 Å². The number of carbonyl (C=O) groups excluding carboxylic acids is 1. The largest absolute Gasteiger partial charge is 0.473 e. The Hall–Kier alpha value is -3.25. The molecule has 0 unspecified atom stereocenters. The summed E-state index contributed by atoms with van der Waals surface area (Å²) in [4.78, 5) is 16.4. The van der Waals surface area contributed by atoms with E-state index >= 15 is 0 Å². The first-order valence-electron chi connectivity index (χ1n) is 8.77. The molecule has 0 saturated carbocycles. The minimum atomic E-state index is 0.0143. The number of hydrogen-bond acceptors (Lipinski definition) is 5. The van der Waals surface area contributed by atoms with Crippen LogP contribution in [0.3, 0.4) is 0 Å². The van der Waals surface area contributed by atoms with Crippen molar-refractivity contribution in [3.8, 4) is 17.0 Å². The monoisotopic (exact) mass is 360 g/mol. The zero-order chi connectivity index (χ0) is 18.8. The summed E-state index contributed by atoms with van der Waals surface area (Å²) in [5.74, 6) is 0.688. The molecule has 0 atom stereocenters. The van der Waals surface area contributed by atoms with Gasteiger partial charge in [0, 0.05) is 24.7 Å². The molecule has 0 spiro atoms. The van der Waals surface area contributed by atoms with E-state index in [2.05, 4.69) is 10.1 Å². The molecule has 4 rings (SSSR count). The molecule has 0 radical (unpaired) electrons. The molecule has 1 aliphatic heterocycles. The van der Waals surface area contributed by atoms with Crippen LogP contribution in [0.15, 0.2) is 59.7 Å². The Morgan fingerprint density at radius 1 is 1.11 bits per heavy atom. The zero-order valence-corrected chi connectivity index (χ0v) is 15.1. The third-order valence-electron chi connectivity index (χ3n) is 4.65. The van der Waals surface area contributed by atoms with E-state index in [1.807, 2.05) is 55.6 Å². The van der Waals surface area contributed by atoms with Crippen LogP contribution in [-0.2, 0) is 13.7 Å². The first-order chi connectivity index (χ1) is 13.2. The number of Topliss-reactive ketones (excluding diaryl/α,β-unsaturated/α-hetero) is 1. The molecule has 2 heterocycles. The van der Waals surface area contributed by atoms with Crippen molar-refractivity contribution in [2.24, 2.45) is 17.8 Å². The number of rotatable bonds is 5. The molecule has 0 amide bonds. The van der Waals surface area contributed by atoms with E-state index < -0.39 is 0 Å². The Labute approximate surface area is 157 Å². The van der Waals surface area contributed by atoms with Crippen molar-refractivity contribution < 1.29 is 9.53 Å². The van der Waals surface area contributed by atoms with Crippen molar-refractivity contribution in [2.75, 3.05) is 13.1 Å². The van der Waals surface area contributed by atoms with E-state index in [4.69, 9.17) is 10.5 Å². The van der Waals surface area contributed by atoms with Gasteiger partial charge in [-0.2, -0.15) is 5.10 Å². The van der Waals surface area contributed by atoms with E-state index in [0.29, 0.717) is 24.6 Å². The highest BCUT2D eigenvalue weighted by Gasteiger charge is 2.21. The summed E-state index contributed by atoms with van der Waals surface area (Å²) in [5, 5.41) is 4.34. The highest BCUT2D eigenvalue weighted by molar-refractivity contribution is 6.16. The first kappa shape index (κ1) is 17.2. The van der Waals surface area contributed by atoms with E-state index in [-0.39, 0.29) is 12.3 Å². The molecular formula is C21H20N4O2. The molecule has 0 fully saturated rings. The lowest BCUT2D eigenvalue weighted by Gasteiger charge is -2.16. The fraction of sp³-hybridized carbons (Fsp3) is 0.190. The summed E-state index contributed by atoms with van der Waals surface area (Å²) in [5.41, 5.74) is 10.9. The molecule has 27 heavy (non-hydrogen) atoms. The summed E-state index contributed by atoms with van der Waals surface area (Å²) in [7, 11) is 1.85. The lowest BCUT2D eigenvalue weighted by atomic mass is 9.93. The number of aliphatic imine (C=N–C) groups is 1. The number of fused-ring (bicyclic) bond motifs is 1. The lowest BCUT2D eigenvalue weighted by molar-refractivity contribution is 0.1000. The Balaban J connectivity index is 1.69. The molecule has 136 valence electrons. The van der Waals surface area contributed by atoms with Crippen LogP contribution in [0.4, 0.5) is 0 Å². The average molecular weight is 360 g/mol. The van der Waals surface area contributed by atoms with Gasteiger partial charge < -0.3 is 10.5 Å². The number of nitrogens with zero attached hydrogens (tertiary/aromatic N) is 3. The zero-order valence-electron chi connectivity index (χ0n) is 15.1. The minimum Gasteiger partial charge on any atom is -0.473 e. The summed E-state index contributed by atoms with van der Waals surface area (Å²) >= 11 is 0. The van der Waals surface area contributed by atoms with Crippen molar-refractivity contribution in [2.45, 2.75) is 6.61 Å². The smallest absolute Gasteiger partial charge is 0.219 e. The molecule has 3 aromatic rings. The van der Waals surface area contributed by atoms with Crippen LogP contribution in [0.1, 0.15) is 21.5 Å². The SMILES string of the molecule is Cn1ncc(-c2ccc3c(c2)C(CN)=NCC3=O)c1OCc1ccccc1. The molecule has 2 N–H and O–H groups in total. The number of ketones is 1. The molecule has 0 bridgehead atoms. The Kier molecular flexibility index (Phi) is 4.56. The van der Waals surface area contributed by atoms with Crippen LogP contribution in [0, 0.1) is 0 Å². The van der Waals surface area contributed by atoms with Crippen molar-refractivity contribution in [3.63, 3.8) is 0 Å². The normalized spacial score (nSPS) is 13.3. The predicted octanol–water partition coefficient (Wildman–Crippen LogP) is 2.61. The van der Waals surface area contributed by atoms with Gasteiger partial charge in [-0.3, -0.25) is 9.79 Å². The van der Waals surface area contributed by atoms with Crippen LogP contribution in [0.25, 0.3) is 11.1 Å². The molecule has 1 aromatic heterocycles. The second kappa shape index (κ2) is 7.17. The van der Waals surface area contributed by atoms with Crippen molar-refractivity contribution in [1.82, 2.24) is 9.78 Å². The number of ether oxygens (including phenoxy) is 1. The summed E-state index contributed by atoms with van der Waals surface area (Å²) in [6, 6.07) is 15.7. The molecule has 6 nitrogen and oxygen atoms in total. The number of aryl methyl sites for hydroxylation is 1. The van der Waals surface area contributed by atoms with Crippen LogP contribution >= 0.6 is 0 Å². The fourth-order valence-corrected chi connectivity index (χ4v) is 3.23. The Morgan fingerprint density at radius 2 is 1.93 bits per heavy atom. The van der Waals surface area contributed by atoms with E-state index in [0.717, 1.165) is 28.0 Å². The standard InChI is InChI=1S/C21H20N4O2/c1-25-21(27-13-14-5-3-2-4-6-14)18(11-24-25)15-7-8-16-17(9-15)19(10-22)23-12-20(16)26/h2-9,11H,10,12-13,22H2,1H3. The van der Waals surface area contributed by atoms with Gasteiger partial charge in [-0.15, -0.1) is 0 Å². The number of aromatic nitrogens is 2. The van der Waals surface area contributed by atoms with Gasteiger partial charge >= 0.3 is 0 Å². The first-order valence-corrected chi connectivity index (χ1v) is 8.77. The fourth-order valence-electron chi connectivity index (χ4n) is 3.23. The second-order valence-corrected chi connectivity index (χ2v) is 6.41. The molecule has 0 aliphatic carbocycles. The van der Waals surface area contributed by atoms with Gasteiger partial charge in [0.05, 0.1) is 17.5 Å². The third kappa shape index (κ3) is 3.27. The Bertz CT molecular complexity index is 1020. The second-order valence-electron chi connectivity index (χ2n) is 6.41. The highest BCUT2D eigenvalue weighted by Crippen LogP contribution is 2.32. The average Bonchev–Trinajstić information content (AvgIpc) is 3.08. The quantitative estimate of drug-likeness (QED) is 0.758. The van der Waals surface area contributed by atoms with Gasteiger partial charge in [-0.1, -0.05) is 42.5 Å². The number of carbonyl (C=O) groups is 1. The van der Waals surface area contributed by atoms with Gasteiger partial charge in [0.25, 0.3) is 0 Å². The van der Waals surface area contributed by atoms with Gasteiger partial charge in [-0.25, -0.2) is 4.68 Å². The Morgan fingerprint density at radius 3 is 2.70 bits per heavy atom. The van der Waals surface area contributed by atoms with Gasteiger partial charge in [0.1, 0.15) is 13.2 Å². The number of hydrogen-bond donors (Lipinski definition) is 1. The minimum absolute atomic E-state index is 0.0143. The van der Waals surface area contributed by atoms with Gasteiger partial charge in [0.15, 0.2) is 5.78 Å². The van der Waals surface area contributed by atoms with Crippen molar-refractivity contribution >= 4 is 11.5 Å². The molecule has 2 aromatic carbocycles. The molecule has 1 aliphatic rings. The summed E-state index contributed by atoms with van der Waals surface area (Å²) in [6.45, 7) is 0.914. The summed E-state index contributed by atoms with van der Waals surface area (Å²) < 4.78 is 7.75. The van der Waals surface area contributed by atoms with Crippen molar-refractivity contribution in [1.29, 1.82) is 0 Å². The van der Waals surface area contributed by atoms with E-state index in [1.165, 1.54) is 0 Å². The van der Waals surface area contributed by atoms with Crippen LogP contribution < -0.4 is 10.5 Å². The van der Waals surface area contributed by atoms with Crippen LogP contribution in [0.2, 0.25) is 0 Å². The van der Waals surface area contributed by atoms with E-state index in [9.17, 15) is 4.79 Å². The molecule has 0 saturated heterocycles. The van der Waals surface area contributed by atoms with E-state index in [1.54, 1.807) is 10.9 Å². The molecular weight excluding hydrogens is 340 g/mol. The highest BCUT2D eigenvalue weighted by atomic mass is 16.5. The maximum Gasteiger partial charge on any atom is 0.219 e. The van der Waals surface area contributed by atoms with Gasteiger partial charge in [0.2, 0.25) is 5.88 Å². The summed E-state index contributed by atoms with van der Waals surface area (Å²) in [6.07, 6.45) is 1.77. The maximum absolute atomic E-state index is 12.1. The lowest BCUT2D eigenvalue weighted by Crippen LogP contribution is -2.24. The predicted molar refractivity (Wildman–Crippen MR) is 104 cm³/mol. The number of nitrogens with two attached hydrogens (primary N) is 1. The third-order valence-corrected chi connectivity index (χ3v) is 4.65. The topological polar surface area (TPSA) is 82.5 Å². The van der Waals surface area contributed by atoms with Crippen molar-refractivity contribution in [3.05, 3.63) is 71.4 Å². The van der Waals surface area contributed by atoms with Gasteiger partial charge in [-0.05, 0) is 17.2 Å². The maximum atomic E-state index is 12.1. The number of benzene rings is 2.